The minimum atomic E-state index is -2.58. The number of nitrogens with zero attached hydrogens (tertiary/aromatic N) is 4. The van der Waals surface area contributed by atoms with Crippen molar-refractivity contribution < 1.29 is 17.8 Å². The standard InChI is InChI=1S/C14H14BrFN6O4S/c1-27(17,24)6-2-5-18-12-11(19-26-20-12)13-21-25-14(23)22(13)8-3-4-10(16)9(15)7-8/h3-4,7,17H,2,5-6H2,1H3,(H,18,20). The molecule has 0 spiro atoms. The molecule has 1 aromatic carbocycles. The van der Waals surface area contributed by atoms with Crippen molar-refractivity contribution >= 4 is 31.5 Å². The highest BCUT2D eigenvalue weighted by Gasteiger charge is 2.23. The Labute approximate surface area is 160 Å². The zero-order valence-electron chi connectivity index (χ0n) is 13.9. The molecule has 1 atom stereocenters. The number of benzene rings is 1. The van der Waals surface area contributed by atoms with Gasteiger partial charge in [0.25, 0.3) is 0 Å². The first kappa shape index (κ1) is 19.2. The van der Waals surface area contributed by atoms with Gasteiger partial charge in [-0.2, -0.15) is 0 Å². The lowest BCUT2D eigenvalue weighted by Crippen LogP contribution is -2.14. The molecule has 0 fully saturated rings. The van der Waals surface area contributed by atoms with Crippen LogP contribution >= 0.6 is 15.9 Å². The summed E-state index contributed by atoms with van der Waals surface area (Å²) in [4.78, 5) is 12.1. The quantitative estimate of drug-likeness (QED) is 0.511. The molecule has 1 unspecified atom stereocenters. The molecule has 144 valence electrons. The van der Waals surface area contributed by atoms with Gasteiger partial charge in [0.2, 0.25) is 11.6 Å². The topological polar surface area (TPSA) is 140 Å². The third-order valence-corrected chi connectivity index (χ3v) is 5.14. The van der Waals surface area contributed by atoms with Crippen LogP contribution in [0.1, 0.15) is 6.42 Å². The molecule has 0 aliphatic heterocycles. The fraction of sp³-hybridized carbons (Fsp3) is 0.286. The van der Waals surface area contributed by atoms with E-state index in [1.165, 1.54) is 24.5 Å². The highest BCUT2D eigenvalue weighted by molar-refractivity contribution is 9.10. The van der Waals surface area contributed by atoms with Gasteiger partial charge < -0.3 is 5.32 Å². The largest absolute Gasteiger partial charge is 0.446 e. The van der Waals surface area contributed by atoms with Gasteiger partial charge in [-0.25, -0.2) is 18.4 Å². The fourth-order valence-electron chi connectivity index (χ4n) is 2.26. The number of halogens is 2. The molecule has 0 aliphatic rings. The lowest BCUT2D eigenvalue weighted by Gasteiger charge is -2.06. The molecule has 10 nitrogen and oxygen atoms in total. The second kappa shape index (κ2) is 7.60. The van der Waals surface area contributed by atoms with Crippen molar-refractivity contribution in [2.75, 3.05) is 23.9 Å². The van der Waals surface area contributed by atoms with Gasteiger partial charge in [-0.1, -0.05) is 5.16 Å². The van der Waals surface area contributed by atoms with E-state index in [0.29, 0.717) is 18.7 Å². The molecule has 0 bridgehead atoms. The third-order valence-electron chi connectivity index (χ3n) is 3.47. The average Bonchev–Trinajstić information content (AvgIpc) is 3.19. The minimum absolute atomic E-state index is 0.0158. The van der Waals surface area contributed by atoms with E-state index < -0.39 is 21.3 Å². The first-order chi connectivity index (χ1) is 12.8. The van der Waals surface area contributed by atoms with Gasteiger partial charge in [-0.15, -0.1) is 0 Å². The minimum Gasteiger partial charge on any atom is -0.365 e. The zero-order valence-corrected chi connectivity index (χ0v) is 16.3. The van der Waals surface area contributed by atoms with E-state index in [2.05, 4.69) is 36.7 Å². The predicted molar refractivity (Wildman–Crippen MR) is 97.8 cm³/mol. The summed E-state index contributed by atoms with van der Waals surface area (Å²) >= 11 is 3.06. The Morgan fingerprint density at radius 2 is 2.15 bits per heavy atom. The smallest absolute Gasteiger partial charge is 0.365 e. The van der Waals surface area contributed by atoms with Gasteiger partial charge in [0.1, 0.15) is 5.82 Å². The lowest BCUT2D eigenvalue weighted by molar-refractivity contribution is 0.309. The average molecular weight is 461 g/mol. The van der Waals surface area contributed by atoms with E-state index in [9.17, 15) is 13.4 Å². The monoisotopic (exact) mass is 460 g/mol. The van der Waals surface area contributed by atoms with Gasteiger partial charge in [0.15, 0.2) is 5.69 Å². The molecule has 3 rings (SSSR count). The molecule has 2 N–H and O–H groups in total. The molecule has 0 amide bonds. The van der Waals surface area contributed by atoms with E-state index in [1.54, 1.807) is 0 Å². The molecule has 27 heavy (non-hydrogen) atoms. The van der Waals surface area contributed by atoms with E-state index in [-0.39, 0.29) is 27.6 Å². The van der Waals surface area contributed by atoms with Crippen molar-refractivity contribution in [2.45, 2.75) is 6.42 Å². The number of hydrogen-bond donors (Lipinski definition) is 2. The van der Waals surface area contributed by atoms with Crippen molar-refractivity contribution in [2.24, 2.45) is 0 Å². The van der Waals surface area contributed by atoms with Crippen molar-refractivity contribution in [3.8, 4) is 17.2 Å². The Morgan fingerprint density at radius 3 is 2.85 bits per heavy atom. The molecule has 0 aliphatic carbocycles. The highest BCUT2D eigenvalue weighted by atomic mass is 79.9. The molecule has 3 aromatic rings. The van der Waals surface area contributed by atoms with Gasteiger partial charge >= 0.3 is 5.76 Å². The molecular weight excluding hydrogens is 447 g/mol. The van der Waals surface area contributed by atoms with Crippen LogP contribution in [0.3, 0.4) is 0 Å². The summed E-state index contributed by atoms with van der Waals surface area (Å²) in [5, 5.41) is 14.1. The van der Waals surface area contributed by atoms with Crippen molar-refractivity contribution in [3.05, 3.63) is 39.0 Å². The predicted octanol–water partition coefficient (Wildman–Crippen LogP) is 2.26. The van der Waals surface area contributed by atoms with Crippen LogP contribution in [-0.2, 0) is 9.73 Å². The van der Waals surface area contributed by atoms with E-state index in [1.807, 2.05) is 0 Å². The lowest BCUT2D eigenvalue weighted by atomic mass is 10.3. The van der Waals surface area contributed by atoms with Crippen LogP contribution in [0.4, 0.5) is 10.2 Å². The fourth-order valence-corrected chi connectivity index (χ4v) is 3.32. The maximum atomic E-state index is 13.5. The summed E-state index contributed by atoms with van der Waals surface area (Å²) in [6, 6.07) is 3.96. The first-order valence-electron chi connectivity index (χ1n) is 7.58. The highest BCUT2D eigenvalue weighted by Crippen LogP contribution is 2.26. The summed E-state index contributed by atoms with van der Waals surface area (Å²) in [5.41, 5.74) is 0.419. The van der Waals surface area contributed by atoms with Crippen LogP contribution in [0.2, 0.25) is 0 Å². The van der Waals surface area contributed by atoms with Gasteiger partial charge in [0.05, 0.1) is 10.2 Å². The Morgan fingerprint density at radius 1 is 1.37 bits per heavy atom. The summed E-state index contributed by atoms with van der Waals surface area (Å²) in [7, 11) is -2.58. The molecule has 0 saturated heterocycles. The number of anilines is 1. The zero-order chi connectivity index (χ0) is 19.6. The normalized spacial score (nSPS) is 13.4. The molecule has 2 heterocycles. The summed E-state index contributed by atoms with van der Waals surface area (Å²) < 4.78 is 42.9. The van der Waals surface area contributed by atoms with E-state index in [0.717, 1.165) is 4.57 Å². The van der Waals surface area contributed by atoms with Crippen LogP contribution in [-0.4, -0.2) is 42.8 Å². The maximum absolute atomic E-state index is 13.5. The number of hydrogen-bond acceptors (Lipinski definition) is 9. The Kier molecular flexibility index (Phi) is 5.41. The number of rotatable bonds is 7. The van der Waals surface area contributed by atoms with Crippen LogP contribution in [0, 0.1) is 10.6 Å². The van der Waals surface area contributed by atoms with Crippen LogP contribution in [0.15, 0.2) is 36.6 Å². The van der Waals surface area contributed by atoms with Gasteiger partial charge in [-0.3, -0.25) is 13.5 Å². The molecule has 0 radical (unpaired) electrons. The number of nitrogens with one attached hydrogen (secondary N) is 2. The SMILES string of the molecule is CS(=N)(=O)CCCNc1nonc1-c1noc(=O)n1-c1ccc(F)c(Br)c1. The summed E-state index contributed by atoms with van der Waals surface area (Å²) in [6.07, 6.45) is 1.83. The summed E-state index contributed by atoms with van der Waals surface area (Å²) in [5.74, 6) is -0.846. The van der Waals surface area contributed by atoms with Crippen molar-refractivity contribution in [3.63, 3.8) is 0 Å². The summed E-state index contributed by atoms with van der Waals surface area (Å²) in [6.45, 7) is 0.356. The van der Waals surface area contributed by atoms with Gasteiger partial charge in [0, 0.05) is 28.3 Å². The number of aromatic nitrogens is 4. The second-order valence-corrected chi connectivity index (χ2v) is 8.93. The first-order valence-corrected chi connectivity index (χ1v) is 10.5. The molecule has 0 saturated carbocycles. The van der Waals surface area contributed by atoms with Crippen molar-refractivity contribution in [1.82, 2.24) is 20.0 Å². The van der Waals surface area contributed by atoms with Crippen LogP contribution in [0.5, 0.6) is 0 Å². The van der Waals surface area contributed by atoms with Gasteiger partial charge in [-0.05, 0) is 50.9 Å². The Hall–Kier alpha value is -2.54. The van der Waals surface area contributed by atoms with Crippen LogP contribution < -0.4 is 11.1 Å². The Bertz CT molecular complexity index is 1120. The maximum Gasteiger partial charge on any atom is 0.446 e. The molecule has 13 heteroatoms. The van der Waals surface area contributed by atoms with E-state index in [4.69, 9.17) is 13.9 Å². The second-order valence-electron chi connectivity index (χ2n) is 5.66. The third kappa shape index (κ3) is 4.42. The Balaban J connectivity index is 1.89. The van der Waals surface area contributed by atoms with Crippen LogP contribution in [0.25, 0.3) is 17.2 Å². The molecular formula is C14H14BrFN6O4S. The van der Waals surface area contributed by atoms with Crippen molar-refractivity contribution in [1.29, 1.82) is 4.78 Å². The molecule has 2 aromatic heterocycles. The van der Waals surface area contributed by atoms with E-state index >= 15 is 0 Å².